The first-order valence-electron chi connectivity index (χ1n) is 6.51. The summed E-state index contributed by atoms with van der Waals surface area (Å²) in [6, 6.07) is 6.12. The Morgan fingerprint density at radius 2 is 1.68 bits per heavy atom. The lowest BCUT2D eigenvalue weighted by Gasteiger charge is -2.20. The molecule has 0 heterocycles. The smallest absolute Gasteiger partial charge is 0.406 e. The minimum absolute atomic E-state index is 0.158. The molecule has 1 aromatic rings. The topological polar surface area (TPSA) is 9.23 Å². The van der Waals surface area contributed by atoms with Crippen LogP contribution >= 0.6 is 11.8 Å². The van der Waals surface area contributed by atoms with E-state index in [1.165, 1.54) is 44.2 Å². The lowest BCUT2D eigenvalue weighted by molar-refractivity contribution is -0.274. The van der Waals surface area contributed by atoms with Gasteiger partial charge >= 0.3 is 6.36 Å². The van der Waals surface area contributed by atoms with E-state index in [9.17, 15) is 13.2 Å². The minimum atomic E-state index is -4.61. The molecule has 0 radical (unpaired) electrons. The first-order valence-corrected chi connectivity index (χ1v) is 7.50. The number of rotatable bonds is 4. The highest BCUT2D eigenvalue weighted by Crippen LogP contribution is 2.31. The molecule has 0 bridgehead atoms. The maximum atomic E-state index is 12.0. The second-order valence-electron chi connectivity index (χ2n) is 4.83. The molecule has 0 N–H and O–H groups in total. The van der Waals surface area contributed by atoms with Crippen LogP contribution in [-0.4, -0.2) is 12.1 Å². The van der Waals surface area contributed by atoms with Crippen LogP contribution in [0.4, 0.5) is 13.2 Å². The molecule has 5 heteroatoms. The van der Waals surface area contributed by atoms with E-state index in [-0.39, 0.29) is 5.75 Å². The fourth-order valence-electron chi connectivity index (χ4n) is 2.31. The Morgan fingerprint density at radius 3 is 2.26 bits per heavy atom. The standard InChI is InChI=1S/C14H17F3OS/c15-14(16,17)18-12-6-8-13(9-7-12)19-10-11-4-2-1-3-5-11/h6-9,11H,1-5,10H2. The Morgan fingerprint density at radius 1 is 1.05 bits per heavy atom. The summed E-state index contributed by atoms with van der Waals surface area (Å²) in [5.41, 5.74) is 0. The lowest BCUT2D eigenvalue weighted by Crippen LogP contribution is -2.16. The maximum absolute atomic E-state index is 12.0. The van der Waals surface area contributed by atoms with Crippen LogP contribution in [0.1, 0.15) is 32.1 Å². The van der Waals surface area contributed by atoms with Gasteiger partial charge < -0.3 is 4.74 Å². The van der Waals surface area contributed by atoms with Crippen LogP contribution in [0, 0.1) is 5.92 Å². The molecule has 0 aliphatic heterocycles. The number of thioether (sulfide) groups is 1. The summed E-state index contributed by atoms with van der Waals surface area (Å²) in [7, 11) is 0. The summed E-state index contributed by atoms with van der Waals surface area (Å²) in [6.07, 6.45) is 1.90. The molecule has 1 aliphatic rings. The first-order chi connectivity index (χ1) is 9.03. The largest absolute Gasteiger partial charge is 0.573 e. The normalized spacial score (nSPS) is 17.4. The van der Waals surface area contributed by atoms with Crippen molar-refractivity contribution in [2.45, 2.75) is 43.4 Å². The average molecular weight is 290 g/mol. The monoisotopic (exact) mass is 290 g/mol. The van der Waals surface area contributed by atoms with Gasteiger partial charge in [0.25, 0.3) is 0 Å². The van der Waals surface area contributed by atoms with Gasteiger partial charge in [-0.2, -0.15) is 0 Å². The molecule has 1 nitrogen and oxygen atoms in total. The third-order valence-electron chi connectivity index (χ3n) is 3.27. The predicted octanol–water partition coefficient (Wildman–Crippen LogP) is 5.26. The maximum Gasteiger partial charge on any atom is 0.573 e. The first kappa shape index (κ1) is 14.6. The van der Waals surface area contributed by atoms with Crippen LogP contribution in [0.2, 0.25) is 0 Å². The van der Waals surface area contributed by atoms with Gasteiger partial charge in [0.2, 0.25) is 0 Å². The molecule has 0 atom stereocenters. The highest BCUT2D eigenvalue weighted by Gasteiger charge is 2.30. The van der Waals surface area contributed by atoms with Gasteiger partial charge in [-0.05, 0) is 43.0 Å². The van der Waals surface area contributed by atoms with Crippen molar-refractivity contribution >= 4 is 11.8 Å². The summed E-state index contributed by atoms with van der Waals surface area (Å²) in [4.78, 5) is 1.00. The highest BCUT2D eigenvalue weighted by molar-refractivity contribution is 7.99. The Kier molecular flexibility index (Phi) is 5.02. The van der Waals surface area contributed by atoms with Crippen LogP contribution in [0.5, 0.6) is 5.75 Å². The van der Waals surface area contributed by atoms with E-state index in [0.29, 0.717) is 0 Å². The fraction of sp³-hybridized carbons (Fsp3) is 0.571. The zero-order valence-electron chi connectivity index (χ0n) is 10.6. The van der Waals surface area contributed by atoms with Gasteiger partial charge in [-0.1, -0.05) is 19.3 Å². The SMILES string of the molecule is FC(F)(F)Oc1ccc(SCC2CCCCC2)cc1. The molecule has 1 aliphatic carbocycles. The number of halogens is 3. The Hall–Kier alpha value is -0.840. The van der Waals surface area contributed by atoms with Gasteiger partial charge in [-0.25, -0.2) is 0 Å². The van der Waals surface area contributed by atoms with Crippen molar-refractivity contribution in [1.82, 2.24) is 0 Å². The Bertz CT molecular complexity index is 383. The number of hydrogen-bond acceptors (Lipinski definition) is 2. The highest BCUT2D eigenvalue weighted by atomic mass is 32.2. The van der Waals surface area contributed by atoms with Gasteiger partial charge in [0.1, 0.15) is 5.75 Å². The average Bonchev–Trinajstić information content (AvgIpc) is 2.37. The minimum Gasteiger partial charge on any atom is -0.406 e. The molecule has 2 rings (SSSR count). The van der Waals surface area contributed by atoms with Gasteiger partial charge in [0.15, 0.2) is 0 Å². The summed E-state index contributed by atoms with van der Waals surface area (Å²) in [6.45, 7) is 0. The van der Waals surface area contributed by atoms with E-state index < -0.39 is 6.36 Å². The van der Waals surface area contributed by atoms with Crippen molar-refractivity contribution < 1.29 is 17.9 Å². The summed E-state index contributed by atoms with van der Waals surface area (Å²) in [5.74, 6) is 1.65. The number of benzene rings is 1. The number of alkyl halides is 3. The van der Waals surface area contributed by atoms with Crippen LogP contribution in [0.3, 0.4) is 0 Å². The van der Waals surface area contributed by atoms with Crippen LogP contribution in [0.15, 0.2) is 29.2 Å². The quantitative estimate of drug-likeness (QED) is 0.700. The summed E-state index contributed by atoms with van der Waals surface area (Å²) < 4.78 is 39.9. The van der Waals surface area contributed by atoms with Crippen molar-refractivity contribution in [1.29, 1.82) is 0 Å². The molecule has 106 valence electrons. The third kappa shape index (κ3) is 5.35. The second-order valence-corrected chi connectivity index (χ2v) is 5.93. The molecule has 0 saturated heterocycles. The number of ether oxygens (including phenoxy) is 1. The summed E-state index contributed by atoms with van der Waals surface area (Å²) >= 11 is 1.72. The molecular formula is C14H17F3OS. The zero-order chi connectivity index (χ0) is 13.7. The molecule has 0 spiro atoms. The van der Waals surface area contributed by atoms with Crippen molar-refractivity contribution in [3.8, 4) is 5.75 Å². The zero-order valence-corrected chi connectivity index (χ0v) is 11.4. The molecule has 0 aromatic heterocycles. The van der Waals surface area contributed by atoms with Crippen molar-refractivity contribution in [3.63, 3.8) is 0 Å². The molecule has 0 unspecified atom stereocenters. The molecule has 1 fully saturated rings. The van der Waals surface area contributed by atoms with Gasteiger partial charge in [-0.3, -0.25) is 0 Å². The summed E-state index contributed by atoms with van der Waals surface area (Å²) in [5, 5.41) is 0. The van der Waals surface area contributed by atoms with E-state index >= 15 is 0 Å². The molecule has 19 heavy (non-hydrogen) atoms. The molecule has 0 amide bonds. The van der Waals surface area contributed by atoms with Gasteiger partial charge in [0, 0.05) is 10.6 Å². The van der Waals surface area contributed by atoms with Crippen molar-refractivity contribution in [2.75, 3.05) is 5.75 Å². The van der Waals surface area contributed by atoms with Crippen LogP contribution in [-0.2, 0) is 0 Å². The van der Waals surface area contributed by atoms with E-state index in [2.05, 4.69) is 4.74 Å². The van der Waals surface area contributed by atoms with E-state index in [4.69, 9.17) is 0 Å². The molecular weight excluding hydrogens is 273 g/mol. The van der Waals surface area contributed by atoms with Crippen molar-refractivity contribution in [2.24, 2.45) is 5.92 Å². The van der Waals surface area contributed by atoms with Gasteiger partial charge in [0.05, 0.1) is 0 Å². The number of hydrogen-bond donors (Lipinski definition) is 0. The lowest BCUT2D eigenvalue weighted by atomic mass is 9.91. The molecule has 1 saturated carbocycles. The van der Waals surface area contributed by atoms with E-state index in [0.717, 1.165) is 16.6 Å². The Balaban J connectivity index is 1.81. The Labute approximate surface area is 115 Å². The third-order valence-corrected chi connectivity index (χ3v) is 4.51. The van der Waals surface area contributed by atoms with Crippen molar-refractivity contribution in [3.05, 3.63) is 24.3 Å². The molecule has 1 aromatic carbocycles. The van der Waals surface area contributed by atoms with Crippen LogP contribution in [0.25, 0.3) is 0 Å². The second kappa shape index (κ2) is 6.55. The van der Waals surface area contributed by atoms with E-state index in [1.807, 2.05) is 0 Å². The predicted molar refractivity (Wildman–Crippen MR) is 70.4 cm³/mol. The fourth-order valence-corrected chi connectivity index (χ4v) is 3.40. The van der Waals surface area contributed by atoms with Gasteiger partial charge in [-0.15, -0.1) is 24.9 Å². The van der Waals surface area contributed by atoms with Crippen LogP contribution < -0.4 is 4.74 Å². The van der Waals surface area contributed by atoms with E-state index in [1.54, 1.807) is 23.9 Å².